The van der Waals surface area contributed by atoms with E-state index in [-0.39, 0.29) is 17.5 Å². The zero-order valence-corrected chi connectivity index (χ0v) is 29.9. The third kappa shape index (κ3) is 5.87. The molecule has 0 bridgehead atoms. The summed E-state index contributed by atoms with van der Waals surface area (Å²) >= 11 is 0. The maximum absolute atomic E-state index is 14.9. The summed E-state index contributed by atoms with van der Waals surface area (Å²) in [6.07, 6.45) is 8.26. The van der Waals surface area contributed by atoms with Crippen molar-refractivity contribution >= 4 is 39.4 Å². The minimum absolute atomic E-state index is 0.0456. The Morgan fingerprint density at radius 2 is 0.833 bits per heavy atom. The Morgan fingerprint density at radius 3 is 1.35 bits per heavy atom. The molecule has 3 aliphatic carbocycles. The van der Waals surface area contributed by atoms with Crippen LogP contribution >= 0.6 is 0 Å². The molecule has 6 aromatic rings. The summed E-state index contributed by atoms with van der Waals surface area (Å²) in [5.41, 5.74) is 13.3. The van der Waals surface area contributed by atoms with Crippen LogP contribution in [-0.4, -0.2) is 11.6 Å². The zero-order chi connectivity index (χ0) is 36.4. The van der Waals surface area contributed by atoms with Gasteiger partial charge in [0.05, 0.1) is 5.92 Å². The summed E-state index contributed by atoms with van der Waals surface area (Å²) in [5.74, 6) is -0.440. The largest absolute Gasteiger partial charge is 0.293 e. The fraction of sp³-hybridized carbons (Fsp3) is 0.0769. The maximum Gasteiger partial charge on any atom is 0.195 e. The third-order valence-corrected chi connectivity index (χ3v) is 11.0. The van der Waals surface area contributed by atoms with E-state index < -0.39 is 5.92 Å². The number of hydrogen-bond donors (Lipinski definition) is 0. The first-order chi connectivity index (χ1) is 26.7. The van der Waals surface area contributed by atoms with E-state index in [9.17, 15) is 9.59 Å². The van der Waals surface area contributed by atoms with E-state index in [0.717, 1.165) is 85.2 Å². The van der Waals surface area contributed by atoms with Gasteiger partial charge in [-0.05, 0) is 68.5 Å². The quantitative estimate of drug-likeness (QED) is 0.159. The molecule has 0 radical (unpaired) electrons. The summed E-state index contributed by atoms with van der Waals surface area (Å²) in [7, 11) is 0. The molecular weight excluding hydrogens is 657 g/mol. The number of ketones is 2. The van der Waals surface area contributed by atoms with Gasteiger partial charge in [-0.3, -0.25) is 9.59 Å². The highest BCUT2D eigenvalue weighted by Crippen LogP contribution is 2.55. The molecule has 0 spiro atoms. The predicted molar refractivity (Wildman–Crippen MR) is 221 cm³/mol. The Bertz CT molecular complexity index is 2520. The van der Waals surface area contributed by atoms with E-state index in [1.807, 2.05) is 127 Å². The number of carbonyl (C=O) groups is 2. The molecule has 6 aromatic carbocycles. The van der Waals surface area contributed by atoms with Crippen LogP contribution in [0.5, 0.6) is 0 Å². The Morgan fingerprint density at radius 1 is 0.389 bits per heavy atom. The highest BCUT2D eigenvalue weighted by molar-refractivity contribution is 6.53. The van der Waals surface area contributed by atoms with Gasteiger partial charge in [0, 0.05) is 28.2 Å². The molecule has 0 heterocycles. The van der Waals surface area contributed by atoms with Gasteiger partial charge in [-0.2, -0.15) is 0 Å². The van der Waals surface area contributed by atoms with Crippen molar-refractivity contribution in [3.8, 4) is 0 Å². The van der Waals surface area contributed by atoms with Crippen LogP contribution in [-0.2, 0) is 9.59 Å². The molecule has 0 saturated heterocycles. The number of Topliss-reactive ketones (excluding diaryl/α,β-unsaturated/α-hetero) is 2. The van der Waals surface area contributed by atoms with Gasteiger partial charge in [0.25, 0.3) is 0 Å². The second-order valence-corrected chi connectivity index (χ2v) is 14.1. The molecular formula is C52H38O2. The molecule has 2 atom stereocenters. The Balaban J connectivity index is 1.26. The van der Waals surface area contributed by atoms with Crippen molar-refractivity contribution in [3.05, 3.63) is 244 Å². The molecule has 258 valence electrons. The van der Waals surface area contributed by atoms with Crippen LogP contribution in [0.4, 0.5) is 0 Å². The molecule has 9 rings (SSSR count). The van der Waals surface area contributed by atoms with Crippen LogP contribution in [0.1, 0.15) is 63.6 Å². The molecule has 0 aliphatic heterocycles. The number of carbonyl (C=O) groups excluding carboxylic acids is 2. The van der Waals surface area contributed by atoms with E-state index in [4.69, 9.17) is 0 Å². The lowest BCUT2D eigenvalue weighted by Crippen LogP contribution is -2.15. The molecule has 2 unspecified atom stereocenters. The lowest BCUT2D eigenvalue weighted by atomic mass is 9.78. The fourth-order valence-electron chi connectivity index (χ4n) is 8.61. The van der Waals surface area contributed by atoms with Gasteiger partial charge in [0.2, 0.25) is 0 Å². The van der Waals surface area contributed by atoms with Gasteiger partial charge in [-0.25, -0.2) is 0 Å². The Hall–Kier alpha value is -6.64. The first-order valence-corrected chi connectivity index (χ1v) is 18.7. The summed E-state index contributed by atoms with van der Waals surface area (Å²) < 4.78 is 0. The summed E-state index contributed by atoms with van der Waals surface area (Å²) in [5, 5.41) is 0. The average Bonchev–Trinajstić information content (AvgIpc) is 3.73. The zero-order valence-electron chi connectivity index (χ0n) is 29.9. The van der Waals surface area contributed by atoms with Crippen LogP contribution in [0.25, 0.3) is 27.9 Å². The van der Waals surface area contributed by atoms with Gasteiger partial charge in [0.15, 0.2) is 11.6 Å². The minimum Gasteiger partial charge on any atom is -0.293 e. The summed E-state index contributed by atoms with van der Waals surface area (Å²) in [6.45, 7) is 0. The highest BCUT2D eigenvalue weighted by Gasteiger charge is 2.44. The monoisotopic (exact) mass is 694 g/mol. The first kappa shape index (κ1) is 33.2. The Labute approximate surface area is 316 Å². The van der Waals surface area contributed by atoms with Gasteiger partial charge < -0.3 is 0 Å². The van der Waals surface area contributed by atoms with E-state index in [1.54, 1.807) is 0 Å². The normalized spacial score (nSPS) is 18.5. The van der Waals surface area contributed by atoms with Crippen LogP contribution < -0.4 is 0 Å². The second kappa shape index (κ2) is 14.4. The molecule has 2 heteroatoms. The van der Waals surface area contributed by atoms with Crippen molar-refractivity contribution in [3.63, 3.8) is 0 Å². The molecule has 0 aromatic heterocycles. The highest BCUT2D eigenvalue weighted by atomic mass is 16.1. The SMILES string of the molecule is O=C1C(c2ccccc2)=C(C2=CC=CCC2)C(c2ccc(C3C(c4ccccc4)=C(c4ccccc4)C(=O)C3c3ccccc3)cc2)=C1c1ccccc1. The van der Waals surface area contributed by atoms with Crippen molar-refractivity contribution in [2.45, 2.75) is 24.7 Å². The lowest BCUT2D eigenvalue weighted by Gasteiger charge is -2.24. The molecule has 3 aliphatic rings. The Kier molecular flexibility index (Phi) is 8.86. The number of benzene rings is 6. The van der Waals surface area contributed by atoms with E-state index in [2.05, 4.69) is 66.8 Å². The van der Waals surface area contributed by atoms with E-state index in [0.29, 0.717) is 0 Å². The average molecular weight is 695 g/mol. The van der Waals surface area contributed by atoms with E-state index >= 15 is 0 Å². The second-order valence-electron chi connectivity index (χ2n) is 14.1. The van der Waals surface area contributed by atoms with E-state index in [1.165, 1.54) is 5.57 Å². The van der Waals surface area contributed by atoms with Gasteiger partial charge in [-0.15, -0.1) is 0 Å². The third-order valence-electron chi connectivity index (χ3n) is 11.0. The van der Waals surface area contributed by atoms with Crippen molar-refractivity contribution in [1.82, 2.24) is 0 Å². The van der Waals surface area contributed by atoms with Crippen molar-refractivity contribution in [2.24, 2.45) is 0 Å². The van der Waals surface area contributed by atoms with Crippen LogP contribution in [0.15, 0.2) is 205 Å². The number of rotatable bonds is 8. The standard InChI is InChI=1S/C52H38O2/c53-51-47(37-23-11-3-12-24-37)43(35-19-7-1-8-20-35)45(49(51)39-27-15-5-16-28-39)41-31-33-42(34-32-41)46-44(36-21-9-2-10-22-36)48(38-25-13-4-14-26-38)52(54)50(46)40-29-17-6-18-30-40/h1-9,11-21,23-34,45,49H,10,22H2. The topological polar surface area (TPSA) is 34.1 Å². The smallest absolute Gasteiger partial charge is 0.195 e. The van der Waals surface area contributed by atoms with Crippen molar-refractivity contribution in [1.29, 1.82) is 0 Å². The van der Waals surface area contributed by atoms with Crippen molar-refractivity contribution < 1.29 is 9.59 Å². The number of allylic oxidation sites excluding steroid dienone is 10. The molecule has 54 heavy (non-hydrogen) atoms. The summed E-state index contributed by atoms with van der Waals surface area (Å²) in [6, 6.07) is 59.6. The van der Waals surface area contributed by atoms with Gasteiger partial charge in [0.1, 0.15) is 0 Å². The van der Waals surface area contributed by atoms with Crippen molar-refractivity contribution in [2.75, 3.05) is 0 Å². The molecule has 0 saturated carbocycles. The summed E-state index contributed by atoms with van der Waals surface area (Å²) in [4.78, 5) is 29.7. The molecule has 2 nitrogen and oxygen atoms in total. The molecule has 0 fully saturated rings. The predicted octanol–water partition coefficient (Wildman–Crippen LogP) is 12.0. The molecule has 0 N–H and O–H groups in total. The van der Waals surface area contributed by atoms with Gasteiger partial charge >= 0.3 is 0 Å². The van der Waals surface area contributed by atoms with Crippen LogP contribution in [0, 0.1) is 0 Å². The lowest BCUT2D eigenvalue weighted by molar-refractivity contribution is -0.114. The van der Waals surface area contributed by atoms with Gasteiger partial charge in [-0.1, -0.05) is 194 Å². The number of hydrogen-bond acceptors (Lipinski definition) is 2. The molecule has 0 amide bonds. The fourth-order valence-corrected chi connectivity index (χ4v) is 8.61. The van der Waals surface area contributed by atoms with Crippen LogP contribution in [0.3, 0.4) is 0 Å². The maximum atomic E-state index is 14.9. The van der Waals surface area contributed by atoms with Crippen LogP contribution in [0.2, 0.25) is 0 Å². The minimum atomic E-state index is -0.395. The first-order valence-electron chi connectivity index (χ1n) is 18.7.